The minimum absolute atomic E-state index is 0.00147. The third-order valence-electron chi connectivity index (χ3n) is 5.57. The number of carbonyl (C=O) groups excluding carboxylic acids is 1. The van der Waals surface area contributed by atoms with Crippen molar-refractivity contribution in [2.24, 2.45) is 0 Å². The lowest BCUT2D eigenvalue weighted by molar-refractivity contribution is 0.0596. The van der Waals surface area contributed by atoms with Gasteiger partial charge in [0.2, 0.25) is 0 Å². The molecule has 152 valence electrons. The summed E-state index contributed by atoms with van der Waals surface area (Å²) in [6, 6.07) is 9.08. The number of aromatic nitrogens is 4. The van der Waals surface area contributed by atoms with Gasteiger partial charge in [0.25, 0.3) is 5.91 Å². The van der Waals surface area contributed by atoms with Crippen LogP contribution >= 0.6 is 0 Å². The van der Waals surface area contributed by atoms with E-state index >= 15 is 0 Å². The van der Waals surface area contributed by atoms with E-state index in [0.29, 0.717) is 35.6 Å². The molecule has 1 aliphatic heterocycles. The van der Waals surface area contributed by atoms with Crippen LogP contribution < -0.4 is 0 Å². The first kappa shape index (κ1) is 18.5. The molecule has 1 aliphatic rings. The quantitative estimate of drug-likeness (QED) is 0.521. The summed E-state index contributed by atoms with van der Waals surface area (Å²) >= 11 is 0. The highest BCUT2D eigenvalue weighted by Crippen LogP contribution is 2.33. The second kappa shape index (κ2) is 7.37. The Morgan fingerprint density at radius 2 is 2.03 bits per heavy atom. The van der Waals surface area contributed by atoms with Gasteiger partial charge in [-0.1, -0.05) is 12.1 Å². The highest BCUT2D eigenvalue weighted by atomic mass is 19.1. The van der Waals surface area contributed by atoms with Gasteiger partial charge in [-0.05, 0) is 43.5 Å². The van der Waals surface area contributed by atoms with Crippen LogP contribution in [0.2, 0.25) is 0 Å². The van der Waals surface area contributed by atoms with Gasteiger partial charge >= 0.3 is 0 Å². The summed E-state index contributed by atoms with van der Waals surface area (Å²) in [5.74, 6) is -0.723. The van der Waals surface area contributed by atoms with Gasteiger partial charge in [-0.15, -0.1) is 0 Å². The number of nitrogens with one attached hydrogen (secondary N) is 2. The highest BCUT2D eigenvalue weighted by Gasteiger charge is 2.32. The second-order valence-electron chi connectivity index (χ2n) is 7.43. The number of rotatable bonds is 3. The Balaban J connectivity index is 1.47. The predicted molar refractivity (Wildman–Crippen MR) is 108 cm³/mol. The number of hydrogen-bond acceptors (Lipinski definition) is 3. The molecule has 0 saturated carbocycles. The maximum Gasteiger partial charge on any atom is 0.257 e. The average Bonchev–Trinajstić information content (AvgIpc) is 3.44. The molecule has 1 saturated heterocycles. The average molecular weight is 407 g/mol. The third-order valence-corrected chi connectivity index (χ3v) is 5.57. The van der Waals surface area contributed by atoms with Gasteiger partial charge in [0.1, 0.15) is 17.2 Å². The molecule has 0 aliphatic carbocycles. The van der Waals surface area contributed by atoms with E-state index in [9.17, 15) is 13.6 Å². The van der Waals surface area contributed by atoms with Gasteiger partial charge in [-0.2, -0.15) is 0 Å². The van der Waals surface area contributed by atoms with Crippen molar-refractivity contribution < 1.29 is 13.6 Å². The predicted octanol–water partition coefficient (Wildman–Crippen LogP) is 4.60. The van der Waals surface area contributed by atoms with Gasteiger partial charge in [-0.3, -0.25) is 4.79 Å². The molecule has 4 aromatic rings. The molecule has 1 atom stereocenters. The molecular weight excluding hydrogens is 388 g/mol. The fourth-order valence-corrected chi connectivity index (χ4v) is 4.06. The topological polar surface area (TPSA) is 77.7 Å². The number of carbonyl (C=O) groups is 1. The number of nitrogens with zero attached hydrogens (tertiary/aromatic N) is 3. The van der Waals surface area contributed by atoms with Crippen molar-refractivity contribution in [3.05, 3.63) is 71.9 Å². The summed E-state index contributed by atoms with van der Waals surface area (Å²) in [6.45, 7) is 0.511. The number of likely N-dealkylation sites (tertiary alicyclic amines) is 1. The van der Waals surface area contributed by atoms with Crippen LogP contribution in [0.3, 0.4) is 0 Å². The summed E-state index contributed by atoms with van der Waals surface area (Å²) in [7, 11) is 0. The molecule has 6 nitrogen and oxygen atoms in total. The van der Waals surface area contributed by atoms with Crippen LogP contribution in [0.15, 0.2) is 48.9 Å². The molecule has 1 amide bonds. The zero-order chi connectivity index (χ0) is 20.7. The molecule has 0 spiro atoms. The summed E-state index contributed by atoms with van der Waals surface area (Å²) < 4.78 is 28.5. The largest absolute Gasteiger partial charge is 0.345 e. The van der Waals surface area contributed by atoms with E-state index in [0.717, 1.165) is 12.8 Å². The van der Waals surface area contributed by atoms with Crippen molar-refractivity contribution >= 4 is 16.9 Å². The first-order valence-electron chi connectivity index (χ1n) is 9.85. The molecule has 0 radical (unpaired) electrons. The van der Waals surface area contributed by atoms with E-state index in [1.54, 1.807) is 29.3 Å². The molecule has 30 heavy (non-hydrogen) atoms. The maximum absolute atomic E-state index is 14.9. The molecule has 3 heterocycles. The minimum Gasteiger partial charge on any atom is -0.345 e. The van der Waals surface area contributed by atoms with Crippen molar-refractivity contribution in [3.63, 3.8) is 0 Å². The molecule has 5 rings (SSSR count). The first-order valence-corrected chi connectivity index (χ1v) is 9.85. The molecule has 2 aromatic heterocycles. The number of halogens is 2. The molecule has 0 bridgehead atoms. The number of benzene rings is 2. The molecule has 2 aromatic carbocycles. The van der Waals surface area contributed by atoms with Crippen molar-refractivity contribution in [1.82, 2.24) is 24.8 Å². The smallest absolute Gasteiger partial charge is 0.257 e. The molecule has 2 N–H and O–H groups in total. The van der Waals surface area contributed by atoms with E-state index in [1.807, 2.05) is 0 Å². The Morgan fingerprint density at radius 1 is 1.13 bits per heavy atom. The lowest BCUT2D eigenvalue weighted by atomic mass is 10.00. The molecular formula is C22H19F2N5O. The van der Waals surface area contributed by atoms with E-state index in [4.69, 9.17) is 0 Å². The normalized spacial score (nSPS) is 16.9. The van der Waals surface area contributed by atoms with E-state index in [-0.39, 0.29) is 28.8 Å². The first-order chi connectivity index (χ1) is 14.6. The van der Waals surface area contributed by atoms with Crippen LogP contribution in [-0.2, 0) is 0 Å². The molecule has 1 fully saturated rings. The number of hydrogen-bond donors (Lipinski definition) is 2. The van der Waals surface area contributed by atoms with Crippen molar-refractivity contribution in [3.8, 4) is 11.3 Å². The van der Waals surface area contributed by atoms with E-state index in [1.165, 1.54) is 24.5 Å². The van der Waals surface area contributed by atoms with E-state index in [2.05, 4.69) is 19.9 Å². The fourth-order valence-electron chi connectivity index (χ4n) is 4.06. The SMILES string of the molecule is O=C(c1ccc2[nH]cnc2c1F)N1CCCCC1c1ncc(-c2cccc(F)c2)[nH]1. The lowest BCUT2D eigenvalue weighted by Crippen LogP contribution is -2.39. The summed E-state index contributed by atoms with van der Waals surface area (Å²) in [4.78, 5) is 29.4. The standard InChI is InChI=1S/C22H19F2N5O/c23-14-5-3-4-13(10-14)17-11-25-21(28-17)18-6-1-2-9-29(18)22(30)15-7-8-16-20(19(15)24)27-12-26-16/h3-5,7-8,10-12,18H,1-2,6,9H2,(H,25,28)(H,26,27). The van der Waals surface area contributed by atoms with Crippen molar-refractivity contribution in [2.75, 3.05) is 6.54 Å². The summed E-state index contributed by atoms with van der Waals surface area (Å²) in [5, 5.41) is 0. The van der Waals surface area contributed by atoms with Crippen LogP contribution in [0.25, 0.3) is 22.3 Å². The van der Waals surface area contributed by atoms with Gasteiger partial charge < -0.3 is 14.9 Å². The number of aromatic amines is 2. The Hall–Kier alpha value is -3.55. The Morgan fingerprint density at radius 3 is 2.90 bits per heavy atom. The van der Waals surface area contributed by atoms with Crippen molar-refractivity contribution in [1.29, 1.82) is 0 Å². The number of imidazole rings is 2. The molecule has 8 heteroatoms. The fraction of sp³-hybridized carbons (Fsp3) is 0.227. The highest BCUT2D eigenvalue weighted by molar-refractivity contribution is 5.98. The molecule has 1 unspecified atom stereocenters. The monoisotopic (exact) mass is 407 g/mol. The third kappa shape index (κ3) is 3.14. The maximum atomic E-state index is 14.9. The number of piperidine rings is 1. The van der Waals surface area contributed by atoms with Crippen LogP contribution in [0.4, 0.5) is 8.78 Å². The number of amides is 1. The number of H-pyrrole nitrogens is 2. The minimum atomic E-state index is -0.622. The van der Waals surface area contributed by atoms with E-state index < -0.39 is 5.82 Å². The van der Waals surface area contributed by atoms with Crippen LogP contribution in [0.1, 0.15) is 41.5 Å². The Labute approximate surface area is 171 Å². The lowest BCUT2D eigenvalue weighted by Gasteiger charge is -2.34. The van der Waals surface area contributed by atoms with Gasteiger partial charge in [-0.25, -0.2) is 18.7 Å². The Kier molecular flexibility index (Phi) is 4.54. The Bertz CT molecular complexity index is 1230. The zero-order valence-corrected chi connectivity index (χ0v) is 16.0. The van der Waals surface area contributed by atoms with Gasteiger partial charge in [0.15, 0.2) is 5.82 Å². The van der Waals surface area contributed by atoms with Crippen LogP contribution in [0, 0.1) is 11.6 Å². The number of fused-ring (bicyclic) bond motifs is 1. The zero-order valence-electron chi connectivity index (χ0n) is 16.0. The second-order valence-corrected chi connectivity index (χ2v) is 7.43. The van der Waals surface area contributed by atoms with Crippen molar-refractivity contribution in [2.45, 2.75) is 25.3 Å². The van der Waals surface area contributed by atoms with Crippen LogP contribution in [0.5, 0.6) is 0 Å². The summed E-state index contributed by atoms with van der Waals surface area (Å²) in [6.07, 6.45) is 5.53. The van der Waals surface area contributed by atoms with Crippen LogP contribution in [-0.4, -0.2) is 37.3 Å². The van der Waals surface area contributed by atoms with Gasteiger partial charge in [0.05, 0.1) is 35.3 Å². The van der Waals surface area contributed by atoms with Gasteiger partial charge in [0, 0.05) is 12.1 Å². The summed E-state index contributed by atoms with van der Waals surface area (Å²) in [5.41, 5.74) is 2.05.